The molecule has 1 fully saturated rings. The smallest absolute Gasteiger partial charge is 0.199 e. The topological polar surface area (TPSA) is 103 Å². The molecule has 1 aliphatic rings. The number of ether oxygens (including phenoxy) is 1. The minimum Gasteiger partial charge on any atom is -0.396 e. The zero-order valence-corrected chi connectivity index (χ0v) is 20.7. The zero-order valence-electron chi connectivity index (χ0n) is 19.9. The van der Waals surface area contributed by atoms with Gasteiger partial charge in [-0.3, -0.25) is 4.68 Å². The third kappa shape index (κ3) is 4.33. The summed E-state index contributed by atoms with van der Waals surface area (Å²) in [5.74, 6) is 3.34. The second-order valence-electron chi connectivity index (χ2n) is 8.94. The highest BCUT2D eigenvalue weighted by atomic mass is 32.1. The van der Waals surface area contributed by atoms with Gasteiger partial charge in [0.15, 0.2) is 11.6 Å². The second-order valence-corrected chi connectivity index (χ2v) is 9.94. The first-order valence-electron chi connectivity index (χ1n) is 11.7. The van der Waals surface area contributed by atoms with Crippen LogP contribution in [0.4, 0.5) is 5.82 Å². The molecule has 10 heteroatoms. The number of aryl methyl sites for hydroxylation is 2. The van der Waals surface area contributed by atoms with Gasteiger partial charge in [-0.15, -0.1) is 11.3 Å². The molecular weight excluding hydrogens is 450 g/mol. The van der Waals surface area contributed by atoms with Gasteiger partial charge < -0.3 is 19.7 Å². The summed E-state index contributed by atoms with van der Waals surface area (Å²) in [6.07, 6.45) is 8.91. The lowest BCUT2D eigenvalue weighted by Crippen LogP contribution is -2.32. The summed E-state index contributed by atoms with van der Waals surface area (Å²) in [5, 5.41) is 18.8. The first-order chi connectivity index (χ1) is 16.6. The Bertz CT molecular complexity index is 1280. The van der Waals surface area contributed by atoms with Gasteiger partial charge in [0, 0.05) is 45.9 Å². The Balaban J connectivity index is 1.52. The molecule has 0 spiro atoms. The summed E-state index contributed by atoms with van der Waals surface area (Å²) in [5.41, 5.74) is 2.06. The van der Waals surface area contributed by atoms with Crippen molar-refractivity contribution in [1.29, 1.82) is 0 Å². The van der Waals surface area contributed by atoms with E-state index >= 15 is 0 Å². The molecular formula is C24H31N7O2S. The summed E-state index contributed by atoms with van der Waals surface area (Å²) in [4.78, 5) is 16.3. The number of hydrogen-bond acceptors (Lipinski definition) is 8. The average molecular weight is 482 g/mol. The molecule has 180 valence electrons. The molecule has 0 aromatic carbocycles. The summed E-state index contributed by atoms with van der Waals surface area (Å²) >= 11 is 1.64. The van der Waals surface area contributed by atoms with Crippen LogP contribution < -0.4 is 5.32 Å². The first kappa shape index (κ1) is 22.9. The van der Waals surface area contributed by atoms with E-state index in [0.717, 1.165) is 51.0 Å². The maximum Gasteiger partial charge on any atom is 0.199 e. The van der Waals surface area contributed by atoms with E-state index in [2.05, 4.69) is 17.2 Å². The van der Waals surface area contributed by atoms with Crippen molar-refractivity contribution in [3.05, 3.63) is 30.2 Å². The summed E-state index contributed by atoms with van der Waals surface area (Å²) in [7, 11) is 3.65. The van der Waals surface area contributed by atoms with Crippen molar-refractivity contribution >= 4 is 27.4 Å². The molecule has 4 aromatic heterocycles. The van der Waals surface area contributed by atoms with Gasteiger partial charge in [-0.25, -0.2) is 15.0 Å². The third-order valence-electron chi connectivity index (χ3n) is 6.82. The van der Waals surface area contributed by atoms with Gasteiger partial charge in [0.25, 0.3) is 0 Å². The number of nitrogens with zero attached hydrogens (tertiary/aromatic N) is 6. The van der Waals surface area contributed by atoms with Crippen LogP contribution in [0.1, 0.15) is 24.8 Å². The largest absolute Gasteiger partial charge is 0.396 e. The Hall–Kier alpha value is -2.82. The number of aliphatic hydroxyl groups is 1. The predicted octanol–water partition coefficient (Wildman–Crippen LogP) is 3.73. The highest BCUT2D eigenvalue weighted by Crippen LogP contribution is 2.41. The number of thiophene rings is 1. The van der Waals surface area contributed by atoms with E-state index in [4.69, 9.17) is 19.8 Å². The molecule has 4 aromatic rings. The van der Waals surface area contributed by atoms with Crippen molar-refractivity contribution < 1.29 is 9.84 Å². The molecule has 0 amide bonds. The predicted molar refractivity (Wildman–Crippen MR) is 134 cm³/mol. The molecule has 0 unspecified atom stereocenters. The van der Waals surface area contributed by atoms with Crippen molar-refractivity contribution in [3.63, 3.8) is 0 Å². The van der Waals surface area contributed by atoms with Gasteiger partial charge in [-0.2, -0.15) is 5.10 Å². The second kappa shape index (κ2) is 9.81. The van der Waals surface area contributed by atoms with Crippen molar-refractivity contribution in [1.82, 2.24) is 29.3 Å². The molecule has 9 nitrogen and oxygen atoms in total. The summed E-state index contributed by atoms with van der Waals surface area (Å²) < 4.78 is 9.03. The summed E-state index contributed by atoms with van der Waals surface area (Å²) in [6, 6.07) is 2.04. The van der Waals surface area contributed by atoms with Crippen LogP contribution in [0, 0.1) is 18.8 Å². The van der Waals surface area contributed by atoms with E-state index in [0.29, 0.717) is 30.8 Å². The fourth-order valence-corrected chi connectivity index (χ4v) is 5.81. The van der Waals surface area contributed by atoms with Crippen molar-refractivity contribution in [2.45, 2.75) is 32.7 Å². The number of fused-ring (bicyclic) bond motifs is 1. The van der Waals surface area contributed by atoms with Gasteiger partial charge in [0.2, 0.25) is 0 Å². The van der Waals surface area contributed by atoms with E-state index < -0.39 is 0 Å². The SMILES string of the molecule is COCCn1ccc(-c2sc3nc(-c4nccn4C)nc(NC[C@H]4CC[C@H]4CCO)c3c2C)n1. The molecule has 1 saturated carbocycles. The molecule has 5 rings (SSSR count). The van der Waals surface area contributed by atoms with Gasteiger partial charge in [-0.05, 0) is 49.7 Å². The maximum absolute atomic E-state index is 9.35. The lowest BCUT2D eigenvalue weighted by atomic mass is 9.72. The van der Waals surface area contributed by atoms with Crippen LogP contribution in [-0.2, 0) is 18.3 Å². The van der Waals surface area contributed by atoms with E-state index in [-0.39, 0.29) is 6.61 Å². The minimum atomic E-state index is 0.256. The van der Waals surface area contributed by atoms with Crippen LogP contribution in [0.5, 0.6) is 0 Å². The number of aliphatic hydroxyl groups excluding tert-OH is 1. The molecule has 0 saturated heterocycles. The van der Waals surface area contributed by atoms with E-state index in [1.165, 1.54) is 12.8 Å². The number of methoxy groups -OCH3 is 1. The van der Waals surface area contributed by atoms with Gasteiger partial charge in [0.05, 0.1) is 23.4 Å². The Labute approximate surface area is 202 Å². The Morgan fingerprint density at radius 1 is 1.24 bits per heavy atom. The molecule has 2 N–H and O–H groups in total. The lowest BCUT2D eigenvalue weighted by Gasteiger charge is -2.36. The van der Waals surface area contributed by atoms with E-state index in [1.54, 1.807) is 24.6 Å². The number of hydrogen-bond donors (Lipinski definition) is 2. The number of nitrogens with one attached hydrogen (secondary N) is 1. The van der Waals surface area contributed by atoms with Crippen LogP contribution >= 0.6 is 11.3 Å². The van der Waals surface area contributed by atoms with E-state index in [1.807, 2.05) is 34.8 Å². The van der Waals surface area contributed by atoms with Crippen LogP contribution in [0.2, 0.25) is 0 Å². The van der Waals surface area contributed by atoms with Crippen LogP contribution in [0.15, 0.2) is 24.7 Å². The Kier molecular flexibility index (Phi) is 6.62. The van der Waals surface area contributed by atoms with Crippen LogP contribution in [-0.4, -0.2) is 61.3 Å². The standard InChI is InChI=1S/C24H31N7O2S/c1-15-19-21(26-14-17-5-4-16(17)7-12-32)27-22(23-25-8-10-30(23)2)28-24(19)34-20(15)18-6-9-31(29-18)11-13-33-3/h6,8-10,16-17,32H,4-5,7,11-14H2,1-3H3,(H,26,27,28)/t16-,17+/m0/s1. The normalized spacial score (nSPS) is 17.9. The van der Waals surface area contributed by atoms with Crippen LogP contribution in [0.25, 0.3) is 32.4 Å². The first-order valence-corrected chi connectivity index (χ1v) is 12.6. The lowest BCUT2D eigenvalue weighted by molar-refractivity contribution is 0.139. The van der Waals surface area contributed by atoms with Crippen molar-refractivity contribution in [2.75, 3.05) is 32.2 Å². The fourth-order valence-electron chi connectivity index (χ4n) is 4.66. The van der Waals surface area contributed by atoms with Crippen molar-refractivity contribution in [2.24, 2.45) is 18.9 Å². The summed E-state index contributed by atoms with van der Waals surface area (Å²) in [6.45, 7) is 4.55. The molecule has 0 aliphatic heterocycles. The highest BCUT2D eigenvalue weighted by Gasteiger charge is 2.30. The monoisotopic (exact) mass is 481 g/mol. The molecule has 1 aliphatic carbocycles. The number of rotatable bonds is 10. The van der Waals surface area contributed by atoms with Crippen LogP contribution in [0.3, 0.4) is 0 Å². The molecule has 0 bridgehead atoms. The van der Waals surface area contributed by atoms with Gasteiger partial charge in [0.1, 0.15) is 16.3 Å². The maximum atomic E-state index is 9.35. The van der Waals surface area contributed by atoms with Crippen molar-refractivity contribution in [3.8, 4) is 22.2 Å². The molecule has 2 atom stereocenters. The van der Waals surface area contributed by atoms with E-state index in [9.17, 15) is 5.11 Å². The average Bonchev–Trinajstić information content (AvgIpc) is 3.54. The quantitative estimate of drug-likeness (QED) is 0.356. The molecule has 0 radical (unpaired) electrons. The highest BCUT2D eigenvalue weighted by molar-refractivity contribution is 7.22. The number of anilines is 1. The van der Waals surface area contributed by atoms with Gasteiger partial charge in [-0.1, -0.05) is 0 Å². The number of imidazole rings is 1. The zero-order chi connectivity index (χ0) is 23.7. The Morgan fingerprint density at radius 3 is 2.79 bits per heavy atom. The fraction of sp³-hybridized carbons (Fsp3) is 0.500. The third-order valence-corrected chi connectivity index (χ3v) is 8.02. The molecule has 34 heavy (non-hydrogen) atoms. The minimum absolute atomic E-state index is 0.256. The Morgan fingerprint density at radius 2 is 2.09 bits per heavy atom. The van der Waals surface area contributed by atoms with Gasteiger partial charge >= 0.3 is 0 Å². The number of aromatic nitrogens is 6. The molecule has 4 heterocycles.